The first-order chi connectivity index (χ1) is 5.68. The predicted molar refractivity (Wildman–Crippen MR) is 53.8 cm³/mol. The minimum Gasteiger partial charge on any atom is -0.480 e. The predicted octanol–water partition coefficient (Wildman–Crippen LogP) is 1.83. The van der Waals surface area contributed by atoms with Crippen LogP contribution in [0.2, 0.25) is 0 Å². The highest BCUT2D eigenvalue weighted by molar-refractivity contribution is 5.73. The molecule has 0 aliphatic rings. The Hall–Kier alpha value is -0.570. The molecule has 0 aromatic rings. The maximum absolute atomic E-state index is 11.0. The van der Waals surface area contributed by atoms with Crippen LogP contribution in [0.4, 0.5) is 0 Å². The summed E-state index contributed by atoms with van der Waals surface area (Å²) in [6, 6.07) is -0.403. The molecule has 0 saturated heterocycles. The summed E-state index contributed by atoms with van der Waals surface area (Å²) in [5, 5.41) is 9.04. The second kappa shape index (κ2) is 4.09. The largest absolute Gasteiger partial charge is 0.480 e. The van der Waals surface area contributed by atoms with E-state index in [9.17, 15) is 4.79 Å². The van der Waals surface area contributed by atoms with Gasteiger partial charge < -0.3 is 5.11 Å². The highest BCUT2D eigenvalue weighted by Crippen LogP contribution is 2.19. The lowest BCUT2D eigenvalue weighted by Crippen LogP contribution is -2.51. The topological polar surface area (TPSA) is 40.5 Å². The molecule has 1 atom stereocenters. The zero-order chi connectivity index (χ0) is 10.8. The standard InChI is InChI=1S/C10H21NO2/c1-7(2)8(9(12)13)11(6)10(3,4)5/h7-8H,1-6H3,(H,12,13). The minimum atomic E-state index is -0.743. The maximum Gasteiger partial charge on any atom is 0.321 e. The molecule has 0 aromatic heterocycles. The Bertz CT molecular complexity index is 182. The van der Waals surface area contributed by atoms with Gasteiger partial charge in [-0.25, -0.2) is 0 Å². The SMILES string of the molecule is CC(C)C(C(=O)O)N(C)C(C)(C)C. The lowest BCUT2D eigenvalue weighted by Gasteiger charge is -2.38. The van der Waals surface area contributed by atoms with E-state index >= 15 is 0 Å². The first kappa shape index (κ1) is 12.4. The fourth-order valence-electron chi connectivity index (χ4n) is 1.32. The summed E-state index contributed by atoms with van der Waals surface area (Å²) in [6.45, 7) is 9.92. The summed E-state index contributed by atoms with van der Waals surface area (Å²) in [4.78, 5) is 12.9. The molecule has 0 heterocycles. The number of aliphatic carboxylic acids is 1. The molecule has 1 unspecified atom stereocenters. The van der Waals surface area contributed by atoms with Crippen molar-refractivity contribution < 1.29 is 9.90 Å². The van der Waals surface area contributed by atoms with Gasteiger partial charge >= 0.3 is 5.97 Å². The third-order valence-electron chi connectivity index (χ3n) is 2.36. The lowest BCUT2D eigenvalue weighted by molar-refractivity contribution is -0.146. The molecule has 78 valence electrons. The quantitative estimate of drug-likeness (QED) is 0.732. The van der Waals surface area contributed by atoms with E-state index in [1.807, 2.05) is 46.6 Å². The molecule has 0 rings (SSSR count). The number of carboxylic acid groups (broad SMARTS) is 1. The maximum atomic E-state index is 11.0. The van der Waals surface area contributed by atoms with Crippen LogP contribution < -0.4 is 0 Å². The van der Waals surface area contributed by atoms with Crippen molar-refractivity contribution in [2.75, 3.05) is 7.05 Å². The Balaban J connectivity index is 4.67. The van der Waals surface area contributed by atoms with Gasteiger partial charge in [0.25, 0.3) is 0 Å². The molecule has 3 nitrogen and oxygen atoms in total. The van der Waals surface area contributed by atoms with Gasteiger partial charge in [-0.05, 0) is 33.7 Å². The van der Waals surface area contributed by atoms with Gasteiger partial charge in [-0.3, -0.25) is 9.69 Å². The van der Waals surface area contributed by atoms with Crippen molar-refractivity contribution in [3.8, 4) is 0 Å². The van der Waals surface area contributed by atoms with Gasteiger partial charge in [-0.2, -0.15) is 0 Å². The monoisotopic (exact) mass is 187 g/mol. The number of carboxylic acids is 1. The third-order valence-corrected chi connectivity index (χ3v) is 2.36. The zero-order valence-corrected chi connectivity index (χ0v) is 9.46. The molecule has 0 spiro atoms. The molecule has 0 bridgehead atoms. The smallest absolute Gasteiger partial charge is 0.321 e. The Labute approximate surface area is 80.7 Å². The zero-order valence-electron chi connectivity index (χ0n) is 9.46. The van der Waals surface area contributed by atoms with Gasteiger partial charge in [0.2, 0.25) is 0 Å². The summed E-state index contributed by atoms with van der Waals surface area (Å²) in [5.74, 6) is -0.617. The molecule has 0 aliphatic carbocycles. The first-order valence-electron chi connectivity index (χ1n) is 4.63. The highest BCUT2D eigenvalue weighted by Gasteiger charge is 2.32. The average Bonchev–Trinajstić information content (AvgIpc) is 1.82. The lowest BCUT2D eigenvalue weighted by atomic mass is 9.97. The van der Waals surface area contributed by atoms with Crippen LogP contribution in [0.5, 0.6) is 0 Å². The second-order valence-electron chi connectivity index (χ2n) is 4.81. The van der Waals surface area contributed by atoms with Gasteiger partial charge in [-0.15, -0.1) is 0 Å². The number of rotatable bonds is 3. The van der Waals surface area contributed by atoms with Gasteiger partial charge in [0, 0.05) is 5.54 Å². The fourth-order valence-corrected chi connectivity index (χ4v) is 1.32. The number of nitrogens with zero attached hydrogens (tertiary/aromatic N) is 1. The molecular formula is C10H21NO2. The Morgan fingerprint density at radius 2 is 1.69 bits per heavy atom. The molecular weight excluding hydrogens is 166 g/mol. The van der Waals surface area contributed by atoms with Crippen molar-refractivity contribution in [2.45, 2.75) is 46.2 Å². The number of carbonyl (C=O) groups is 1. The molecule has 0 aliphatic heterocycles. The molecule has 13 heavy (non-hydrogen) atoms. The van der Waals surface area contributed by atoms with E-state index in [1.165, 1.54) is 0 Å². The Kier molecular flexibility index (Phi) is 3.91. The van der Waals surface area contributed by atoms with E-state index in [1.54, 1.807) is 0 Å². The molecule has 0 amide bonds. The van der Waals surface area contributed by atoms with Crippen LogP contribution in [0.3, 0.4) is 0 Å². The Morgan fingerprint density at radius 3 is 1.77 bits per heavy atom. The first-order valence-corrected chi connectivity index (χ1v) is 4.63. The van der Waals surface area contributed by atoms with E-state index in [0.717, 1.165) is 0 Å². The minimum absolute atomic E-state index is 0.104. The van der Waals surface area contributed by atoms with Crippen LogP contribution in [0.25, 0.3) is 0 Å². The molecule has 0 aromatic carbocycles. The van der Waals surface area contributed by atoms with Crippen LogP contribution in [-0.2, 0) is 4.79 Å². The van der Waals surface area contributed by atoms with E-state index < -0.39 is 12.0 Å². The summed E-state index contributed by atoms with van der Waals surface area (Å²) in [7, 11) is 1.86. The van der Waals surface area contributed by atoms with Crippen LogP contribution in [0.15, 0.2) is 0 Å². The van der Waals surface area contributed by atoms with Crippen molar-refractivity contribution in [1.29, 1.82) is 0 Å². The van der Waals surface area contributed by atoms with E-state index in [4.69, 9.17) is 5.11 Å². The summed E-state index contributed by atoms with van der Waals surface area (Å²) >= 11 is 0. The van der Waals surface area contributed by atoms with Crippen LogP contribution >= 0.6 is 0 Å². The average molecular weight is 187 g/mol. The van der Waals surface area contributed by atoms with Crippen LogP contribution in [0.1, 0.15) is 34.6 Å². The van der Waals surface area contributed by atoms with Gasteiger partial charge in [0.15, 0.2) is 0 Å². The van der Waals surface area contributed by atoms with Gasteiger partial charge in [0.05, 0.1) is 0 Å². The fraction of sp³-hybridized carbons (Fsp3) is 0.900. The van der Waals surface area contributed by atoms with E-state index in [0.29, 0.717) is 0 Å². The summed E-state index contributed by atoms with van der Waals surface area (Å²) in [5.41, 5.74) is -0.104. The van der Waals surface area contributed by atoms with Gasteiger partial charge in [-0.1, -0.05) is 13.8 Å². The molecule has 0 saturated carbocycles. The summed E-state index contributed by atoms with van der Waals surface area (Å²) in [6.07, 6.45) is 0. The van der Waals surface area contributed by atoms with Crippen molar-refractivity contribution >= 4 is 5.97 Å². The normalized spacial score (nSPS) is 15.1. The van der Waals surface area contributed by atoms with Crippen LogP contribution in [0, 0.1) is 5.92 Å². The summed E-state index contributed by atoms with van der Waals surface area (Å²) < 4.78 is 0. The van der Waals surface area contributed by atoms with Gasteiger partial charge in [0.1, 0.15) is 6.04 Å². The molecule has 1 N–H and O–H groups in total. The third kappa shape index (κ3) is 3.35. The second-order valence-corrected chi connectivity index (χ2v) is 4.81. The molecule has 0 radical (unpaired) electrons. The number of hydrogen-bond donors (Lipinski definition) is 1. The number of hydrogen-bond acceptors (Lipinski definition) is 2. The molecule has 3 heteroatoms. The van der Waals surface area contributed by atoms with E-state index in [2.05, 4.69) is 0 Å². The van der Waals surface area contributed by atoms with Crippen molar-refractivity contribution in [3.05, 3.63) is 0 Å². The van der Waals surface area contributed by atoms with Crippen molar-refractivity contribution in [3.63, 3.8) is 0 Å². The van der Waals surface area contributed by atoms with E-state index in [-0.39, 0.29) is 11.5 Å². The van der Waals surface area contributed by atoms with Crippen molar-refractivity contribution in [2.24, 2.45) is 5.92 Å². The molecule has 0 fully saturated rings. The van der Waals surface area contributed by atoms with Crippen molar-refractivity contribution in [1.82, 2.24) is 4.90 Å². The highest BCUT2D eigenvalue weighted by atomic mass is 16.4. The van der Waals surface area contributed by atoms with Crippen LogP contribution in [-0.4, -0.2) is 34.6 Å². The number of likely N-dealkylation sites (N-methyl/N-ethyl adjacent to an activating group) is 1. The Morgan fingerprint density at radius 1 is 1.31 bits per heavy atom.